The molecular weight excluding hydrogens is 610 g/mol. The molecule has 10 nitrogen and oxygen atoms in total. The summed E-state index contributed by atoms with van der Waals surface area (Å²) in [6.07, 6.45) is 18.1. The van der Waals surface area contributed by atoms with E-state index >= 15 is 0 Å². The molecular formula is C38H61N3O7. The maximum Gasteiger partial charge on any atom is 0.410 e. The van der Waals surface area contributed by atoms with Gasteiger partial charge in [-0.3, -0.25) is 9.69 Å². The number of hydrogen-bond acceptors (Lipinski definition) is 8. The fraction of sp³-hybridized carbons (Fsp3) is 0.763. The van der Waals surface area contributed by atoms with Gasteiger partial charge in [-0.05, 0) is 63.0 Å². The van der Waals surface area contributed by atoms with E-state index in [2.05, 4.69) is 4.90 Å². The number of allylic oxidation sites excluding steroid dienone is 2. The number of nitrogens with zero attached hydrogens (tertiary/aromatic N) is 3. The number of carbonyl (C=O) groups excluding carboxylic acids is 3. The molecule has 4 rings (SSSR count). The smallest absolute Gasteiger partial charge is 0.410 e. The van der Waals surface area contributed by atoms with E-state index in [4.69, 9.17) is 14.2 Å². The zero-order chi connectivity index (χ0) is 34.5. The summed E-state index contributed by atoms with van der Waals surface area (Å²) in [5.41, 5.74) is 0.845. The van der Waals surface area contributed by atoms with Crippen LogP contribution in [0.4, 0.5) is 9.59 Å². The first kappa shape index (κ1) is 38.0. The Hall–Kier alpha value is -2.85. The molecule has 1 aliphatic carbocycles. The van der Waals surface area contributed by atoms with Crippen LogP contribution in [-0.2, 0) is 19.0 Å². The second kappa shape index (κ2) is 19.4. The molecule has 3 aliphatic heterocycles. The minimum atomic E-state index is -0.832. The molecule has 6 atom stereocenters. The standard InChI is InChI=1S/C38H61N3O7/c1-28(27-46-37(44)40-20-9-10-21-40)12-11-13-30(3)36-31(4)17-19-34(29(2)16-18-33(42)26-35(43)48-36)47-38(45)41-24-22-39(23-25-41)32-14-7-5-6-8-15-32/h11-13,17,19,28-29,31-34,36,42H,5-10,14-16,18,20-27H2,1-4H3/b12-11+,19-17+,30-13+/t28-,29-,31+,33+,34+,36-/m1/s1. The highest BCUT2D eigenvalue weighted by atomic mass is 16.6. The average molecular weight is 672 g/mol. The SMILES string of the molecule is C/C(=C\C=C\[C@@H](C)COC(=O)N1CCCC1)[C@H]1OC(=O)C[C@@H](O)CC[C@@H](C)[C@@H](OC(=O)N2CCN(C3CCCCCC3)CC2)/C=C/[C@@H]1C. The number of piperazine rings is 1. The van der Waals surface area contributed by atoms with Crippen molar-refractivity contribution < 1.29 is 33.7 Å². The third-order valence-corrected chi connectivity index (χ3v) is 10.5. The quantitative estimate of drug-likeness (QED) is 0.108. The Kier molecular flexibility index (Phi) is 15.3. The number of amides is 2. The molecule has 3 heterocycles. The maximum absolute atomic E-state index is 13.4. The van der Waals surface area contributed by atoms with Crippen LogP contribution in [-0.4, -0.2) is 108 Å². The lowest BCUT2D eigenvalue weighted by Crippen LogP contribution is -2.52. The molecule has 1 saturated carbocycles. The third-order valence-electron chi connectivity index (χ3n) is 10.5. The number of rotatable bonds is 7. The Morgan fingerprint density at radius 2 is 1.58 bits per heavy atom. The predicted molar refractivity (Wildman–Crippen MR) is 186 cm³/mol. The minimum absolute atomic E-state index is 0.0173. The summed E-state index contributed by atoms with van der Waals surface area (Å²) in [6.45, 7) is 12.8. The van der Waals surface area contributed by atoms with Gasteiger partial charge in [0.2, 0.25) is 0 Å². The van der Waals surface area contributed by atoms with Gasteiger partial charge < -0.3 is 29.1 Å². The molecule has 0 aromatic rings. The van der Waals surface area contributed by atoms with Crippen LogP contribution in [0.25, 0.3) is 0 Å². The largest absolute Gasteiger partial charge is 0.457 e. The molecule has 0 bridgehead atoms. The first-order valence-electron chi connectivity index (χ1n) is 18.6. The van der Waals surface area contributed by atoms with Gasteiger partial charge in [-0.2, -0.15) is 0 Å². The highest BCUT2D eigenvalue weighted by Crippen LogP contribution is 2.26. The molecule has 0 aromatic heterocycles. The summed E-state index contributed by atoms with van der Waals surface area (Å²) < 4.78 is 17.5. The molecule has 0 spiro atoms. The highest BCUT2D eigenvalue weighted by molar-refractivity contribution is 5.70. The molecule has 1 N–H and O–H groups in total. The fourth-order valence-electron chi connectivity index (χ4n) is 7.27. The van der Waals surface area contributed by atoms with Crippen LogP contribution in [0, 0.1) is 17.8 Å². The molecule has 3 fully saturated rings. The van der Waals surface area contributed by atoms with Gasteiger partial charge in [0.25, 0.3) is 0 Å². The number of hydrogen-bond donors (Lipinski definition) is 1. The van der Waals surface area contributed by atoms with Crippen LogP contribution in [0.15, 0.2) is 36.0 Å². The van der Waals surface area contributed by atoms with Gasteiger partial charge in [-0.15, -0.1) is 0 Å². The number of esters is 1. The Morgan fingerprint density at radius 1 is 0.917 bits per heavy atom. The summed E-state index contributed by atoms with van der Waals surface area (Å²) in [5, 5.41) is 10.7. The van der Waals surface area contributed by atoms with E-state index in [1.165, 1.54) is 38.5 Å². The number of carbonyl (C=O) groups is 3. The van der Waals surface area contributed by atoms with Crippen molar-refractivity contribution in [2.75, 3.05) is 45.9 Å². The van der Waals surface area contributed by atoms with Crippen molar-refractivity contribution in [3.8, 4) is 0 Å². The van der Waals surface area contributed by atoms with E-state index in [9.17, 15) is 19.5 Å². The predicted octanol–water partition coefficient (Wildman–Crippen LogP) is 6.49. The van der Waals surface area contributed by atoms with Gasteiger partial charge in [-0.25, -0.2) is 9.59 Å². The van der Waals surface area contributed by atoms with E-state index in [0.717, 1.165) is 44.6 Å². The van der Waals surface area contributed by atoms with Crippen LogP contribution in [0.5, 0.6) is 0 Å². The van der Waals surface area contributed by atoms with Crippen LogP contribution >= 0.6 is 0 Å². The Balaban J connectivity index is 1.36. The number of ether oxygens (including phenoxy) is 3. The average Bonchev–Trinajstić information content (AvgIpc) is 3.49. The van der Waals surface area contributed by atoms with Crippen molar-refractivity contribution in [1.29, 1.82) is 0 Å². The van der Waals surface area contributed by atoms with E-state index < -0.39 is 24.3 Å². The maximum atomic E-state index is 13.4. The number of likely N-dealkylation sites (tertiary alicyclic amines) is 1. The molecule has 270 valence electrons. The molecule has 0 radical (unpaired) electrons. The fourth-order valence-corrected chi connectivity index (χ4v) is 7.27. The molecule has 48 heavy (non-hydrogen) atoms. The first-order valence-corrected chi connectivity index (χ1v) is 18.6. The van der Waals surface area contributed by atoms with Crippen molar-refractivity contribution in [3.63, 3.8) is 0 Å². The van der Waals surface area contributed by atoms with Crippen molar-refractivity contribution >= 4 is 18.2 Å². The lowest BCUT2D eigenvalue weighted by atomic mass is 9.92. The van der Waals surface area contributed by atoms with Gasteiger partial charge in [0.05, 0.1) is 19.1 Å². The van der Waals surface area contributed by atoms with Crippen LogP contribution in [0.1, 0.15) is 98.3 Å². The number of aliphatic hydroxyl groups is 1. The zero-order valence-electron chi connectivity index (χ0n) is 29.9. The van der Waals surface area contributed by atoms with E-state index in [-0.39, 0.29) is 36.4 Å². The summed E-state index contributed by atoms with van der Waals surface area (Å²) in [6, 6.07) is 0.635. The third kappa shape index (κ3) is 11.9. The lowest BCUT2D eigenvalue weighted by Gasteiger charge is -2.39. The number of aliphatic hydroxyl groups excluding tert-OH is 1. The lowest BCUT2D eigenvalue weighted by molar-refractivity contribution is -0.151. The van der Waals surface area contributed by atoms with Crippen molar-refractivity contribution in [1.82, 2.24) is 14.7 Å². The van der Waals surface area contributed by atoms with Gasteiger partial charge >= 0.3 is 18.2 Å². The summed E-state index contributed by atoms with van der Waals surface area (Å²) in [4.78, 5) is 44.6. The monoisotopic (exact) mass is 671 g/mol. The van der Waals surface area contributed by atoms with Crippen LogP contribution in [0.3, 0.4) is 0 Å². The molecule has 10 heteroatoms. The van der Waals surface area contributed by atoms with Crippen molar-refractivity contribution in [2.45, 2.75) is 123 Å². The molecule has 0 unspecified atom stereocenters. The zero-order valence-corrected chi connectivity index (χ0v) is 29.9. The first-order chi connectivity index (χ1) is 23.1. The normalized spacial score (nSPS) is 30.6. The van der Waals surface area contributed by atoms with Crippen molar-refractivity contribution in [3.05, 3.63) is 36.0 Å². The molecule has 2 saturated heterocycles. The second-order valence-electron chi connectivity index (χ2n) is 14.6. The van der Waals surface area contributed by atoms with Gasteiger partial charge in [0, 0.05) is 57.1 Å². The van der Waals surface area contributed by atoms with Gasteiger partial charge in [0.15, 0.2) is 0 Å². The molecule has 4 aliphatic rings. The molecule has 2 amide bonds. The minimum Gasteiger partial charge on any atom is -0.457 e. The van der Waals surface area contributed by atoms with Gasteiger partial charge in [0.1, 0.15) is 12.2 Å². The van der Waals surface area contributed by atoms with Crippen LogP contribution in [0.2, 0.25) is 0 Å². The Labute approximate surface area is 288 Å². The summed E-state index contributed by atoms with van der Waals surface area (Å²) in [5.74, 6) is -0.658. The Morgan fingerprint density at radius 3 is 2.27 bits per heavy atom. The second-order valence-corrected chi connectivity index (χ2v) is 14.6. The van der Waals surface area contributed by atoms with Crippen molar-refractivity contribution in [2.24, 2.45) is 17.8 Å². The summed E-state index contributed by atoms with van der Waals surface area (Å²) >= 11 is 0. The van der Waals surface area contributed by atoms with E-state index in [0.29, 0.717) is 38.6 Å². The highest BCUT2D eigenvalue weighted by Gasteiger charge is 2.31. The summed E-state index contributed by atoms with van der Waals surface area (Å²) in [7, 11) is 0. The van der Waals surface area contributed by atoms with E-state index in [1.54, 1.807) is 4.90 Å². The van der Waals surface area contributed by atoms with Crippen LogP contribution < -0.4 is 0 Å². The Bertz CT molecular complexity index is 1120. The molecule has 0 aromatic carbocycles. The topological polar surface area (TPSA) is 109 Å². The van der Waals surface area contributed by atoms with E-state index in [1.807, 2.05) is 63.0 Å². The van der Waals surface area contributed by atoms with Gasteiger partial charge in [-0.1, -0.05) is 70.8 Å². The number of cyclic esters (lactones) is 1.